The number of rotatable bonds is 5. The number of benzene rings is 4. The van der Waals surface area contributed by atoms with E-state index in [9.17, 15) is 8.42 Å². The van der Waals surface area contributed by atoms with Gasteiger partial charge in [-0.3, -0.25) is 0 Å². The predicted octanol–water partition coefficient (Wildman–Crippen LogP) is 7.39. The van der Waals surface area contributed by atoms with Gasteiger partial charge in [-0.15, -0.1) is 10.2 Å². The highest BCUT2D eigenvalue weighted by Gasteiger charge is 2.21. The van der Waals surface area contributed by atoms with E-state index in [0.717, 1.165) is 27.7 Å². The van der Waals surface area contributed by atoms with Crippen molar-refractivity contribution in [2.45, 2.75) is 16.7 Å². The van der Waals surface area contributed by atoms with Crippen molar-refractivity contribution in [2.24, 2.45) is 10.2 Å². The van der Waals surface area contributed by atoms with Gasteiger partial charge in [-0.25, -0.2) is 8.42 Å². The van der Waals surface area contributed by atoms with Crippen molar-refractivity contribution < 1.29 is 8.42 Å². The average Bonchev–Trinajstić information content (AvgIpc) is 3.21. The molecule has 0 saturated carbocycles. The smallest absolute Gasteiger partial charge is 0.208 e. The molecule has 6 heteroatoms. The number of aromatic nitrogens is 1. The van der Waals surface area contributed by atoms with E-state index in [1.807, 2.05) is 49.4 Å². The summed E-state index contributed by atoms with van der Waals surface area (Å²) in [5, 5.41) is 9.94. The lowest BCUT2D eigenvalue weighted by Gasteiger charge is -2.07. The van der Waals surface area contributed by atoms with E-state index in [4.69, 9.17) is 0 Å². The zero-order chi connectivity index (χ0) is 22.8. The van der Waals surface area contributed by atoms with Gasteiger partial charge in [0.15, 0.2) is 0 Å². The van der Waals surface area contributed by atoms with Crippen LogP contribution in [0.15, 0.2) is 123 Å². The summed E-state index contributed by atoms with van der Waals surface area (Å²) in [7, 11) is -3.73. The fraction of sp³-hybridized carbons (Fsp3) is 0.0370. The number of H-pyrrole nitrogens is 1. The summed E-state index contributed by atoms with van der Waals surface area (Å²) in [5.41, 5.74) is 4.83. The van der Waals surface area contributed by atoms with Gasteiger partial charge in [0.05, 0.1) is 15.5 Å². The molecule has 0 bridgehead atoms. The Bertz CT molecular complexity index is 1570. The minimum atomic E-state index is -3.73. The molecule has 0 saturated heterocycles. The van der Waals surface area contributed by atoms with Crippen LogP contribution in [0.4, 0.5) is 11.4 Å². The Labute approximate surface area is 192 Å². The van der Waals surface area contributed by atoms with Gasteiger partial charge >= 0.3 is 0 Å². The Hall–Kier alpha value is -4.03. The lowest BCUT2D eigenvalue weighted by atomic mass is 10.1. The van der Waals surface area contributed by atoms with Crippen LogP contribution in [-0.4, -0.2) is 13.4 Å². The topological polar surface area (TPSA) is 74.7 Å². The molecule has 0 unspecified atom stereocenters. The van der Waals surface area contributed by atoms with E-state index in [0.29, 0.717) is 11.4 Å². The number of aryl methyl sites for hydroxylation is 1. The molecule has 0 atom stereocenters. The van der Waals surface area contributed by atoms with Crippen LogP contribution in [0.5, 0.6) is 0 Å². The first kappa shape index (κ1) is 20.8. The van der Waals surface area contributed by atoms with Gasteiger partial charge in [0, 0.05) is 16.5 Å². The van der Waals surface area contributed by atoms with E-state index in [1.54, 1.807) is 54.6 Å². The van der Waals surface area contributed by atoms with Gasteiger partial charge in [-0.05, 0) is 43.3 Å². The van der Waals surface area contributed by atoms with Gasteiger partial charge < -0.3 is 4.98 Å². The van der Waals surface area contributed by atoms with Crippen LogP contribution in [0, 0.1) is 6.92 Å². The second-order valence-electron chi connectivity index (χ2n) is 7.75. The summed E-state index contributed by atoms with van der Waals surface area (Å²) < 4.78 is 26.5. The molecule has 162 valence electrons. The molecule has 0 aliphatic carbocycles. The van der Waals surface area contributed by atoms with E-state index in [-0.39, 0.29) is 9.79 Å². The van der Waals surface area contributed by atoms with Crippen LogP contribution in [0.3, 0.4) is 0 Å². The van der Waals surface area contributed by atoms with E-state index >= 15 is 0 Å². The molecule has 1 aromatic heterocycles. The van der Waals surface area contributed by atoms with Crippen molar-refractivity contribution in [1.82, 2.24) is 4.98 Å². The van der Waals surface area contributed by atoms with Crippen molar-refractivity contribution in [2.75, 3.05) is 0 Å². The number of nitrogens with one attached hydrogen (secondary N) is 1. The largest absolute Gasteiger partial charge is 0.353 e. The molecule has 1 N–H and O–H groups in total. The van der Waals surface area contributed by atoms with Gasteiger partial charge in [-0.2, -0.15) is 0 Å². The van der Waals surface area contributed by atoms with E-state index in [2.05, 4.69) is 21.3 Å². The summed E-state index contributed by atoms with van der Waals surface area (Å²) in [6.07, 6.45) is 0. The van der Waals surface area contributed by atoms with Gasteiger partial charge in [0.1, 0.15) is 11.4 Å². The minimum Gasteiger partial charge on any atom is -0.353 e. The molecule has 5 nitrogen and oxygen atoms in total. The van der Waals surface area contributed by atoms with E-state index < -0.39 is 9.84 Å². The summed E-state index contributed by atoms with van der Waals surface area (Å²) in [5.74, 6) is 0. The highest BCUT2D eigenvalue weighted by molar-refractivity contribution is 7.91. The first-order valence-electron chi connectivity index (χ1n) is 10.5. The highest BCUT2D eigenvalue weighted by atomic mass is 32.2. The van der Waals surface area contributed by atoms with Gasteiger partial charge in [0.25, 0.3) is 0 Å². The summed E-state index contributed by atoms with van der Waals surface area (Å²) in [6, 6.07) is 31.1. The first-order chi connectivity index (χ1) is 16.0. The fourth-order valence-electron chi connectivity index (χ4n) is 3.81. The quantitative estimate of drug-likeness (QED) is 0.283. The monoisotopic (exact) mass is 451 g/mol. The van der Waals surface area contributed by atoms with Crippen LogP contribution in [-0.2, 0) is 9.84 Å². The maximum atomic E-state index is 13.3. The normalized spacial score (nSPS) is 11.9. The van der Waals surface area contributed by atoms with Gasteiger partial charge in [0.2, 0.25) is 9.84 Å². The first-order valence-corrected chi connectivity index (χ1v) is 12.0. The average molecular weight is 452 g/mol. The Morgan fingerprint density at radius 1 is 0.727 bits per heavy atom. The number of sulfone groups is 1. The summed E-state index contributed by atoms with van der Waals surface area (Å²) in [6.45, 7) is 2.03. The van der Waals surface area contributed by atoms with Crippen molar-refractivity contribution in [1.29, 1.82) is 0 Å². The Morgan fingerprint density at radius 3 is 2.15 bits per heavy atom. The Kier molecular flexibility index (Phi) is 5.36. The van der Waals surface area contributed by atoms with Crippen LogP contribution in [0.2, 0.25) is 0 Å². The van der Waals surface area contributed by atoms with Crippen LogP contribution < -0.4 is 0 Å². The Balaban J connectivity index is 1.66. The second-order valence-corrected chi connectivity index (χ2v) is 9.67. The molecular formula is C27H21N3O2S. The number of azo groups is 1. The maximum absolute atomic E-state index is 13.3. The molecule has 1 heterocycles. The van der Waals surface area contributed by atoms with E-state index in [1.165, 1.54) is 0 Å². The molecule has 0 amide bonds. The van der Waals surface area contributed by atoms with Crippen molar-refractivity contribution in [3.05, 3.63) is 109 Å². The minimum absolute atomic E-state index is 0.122. The molecule has 5 aromatic rings. The zero-order valence-electron chi connectivity index (χ0n) is 17.9. The standard InChI is InChI=1S/C27H21N3O2S/c1-19-16-17-23-22(18-19)27(26(28-23)20-10-4-2-5-11-20)30-29-24-14-8-9-15-25(24)33(31,32)21-12-6-3-7-13-21/h2-18,28H,1H3/b30-29+. The zero-order valence-corrected chi connectivity index (χ0v) is 18.8. The number of hydrogen-bond acceptors (Lipinski definition) is 4. The maximum Gasteiger partial charge on any atom is 0.208 e. The molecule has 4 aromatic carbocycles. The third-order valence-corrected chi connectivity index (χ3v) is 7.27. The molecule has 0 radical (unpaired) electrons. The number of hydrogen-bond donors (Lipinski definition) is 1. The van der Waals surface area contributed by atoms with Crippen molar-refractivity contribution >= 4 is 32.1 Å². The lowest BCUT2D eigenvalue weighted by molar-refractivity contribution is 0.596. The summed E-state index contributed by atoms with van der Waals surface area (Å²) in [4.78, 5) is 3.79. The molecular weight excluding hydrogens is 430 g/mol. The number of fused-ring (bicyclic) bond motifs is 1. The van der Waals surface area contributed by atoms with Crippen molar-refractivity contribution in [3.8, 4) is 11.3 Å². The van der Waals surface area contributed by atoms with Crippen LogP contribution in [0.25, 0.3) is 22.2 Å². The molecule has 33 heavy (non-hydrogen) atoms. The molecule has 0 spiro atoms. The highest BCUT2D eigenvalue weighted by Crippen LogP contribution is 2.39. The summed E-state index contributed by atoms with van der Waals surface area (Å²) >= 11 is 0. The SMILES string of the molecule is Cc1ccc2[nH]c(-c3ccccc3)c(/N=N/c3ccccc3S(=O)(=O)c3ccccc3)c2c1. The predicted molar refractivity (Wildman–Crippen MR) is 131 cm³/mol. The third-order valence-electron chi connectivity index (χ3n) is 5.46. The second kappa shape index (κ2) is 8.48. The lowest BCUT2D eigenvalue weighted by Crippen LogP contribution is -2.01. The number of aromatic amines is 1. The molecule has 0 aliphatic heterocycles. The third kappa shape index (κ3) is 3.97. The molecule has 5 rings (SSSR count). The van der Waals surface area contributed by atoms with Crippen LogP contribution >= 0.6 is 0 Å². The number of nitrogens with zero attached hydrogens (tertiary/aromatic N) is 2. The van der Waals surface area contributed by atoms with Crippen molar-refractivity contribution in [3.63, 3.8) is 0 Å². The Morgan fingerprint density at radius 2 is 1.39 bits per heavy atom. The van der Waals surface area contributed by atoms with Crippen LogP contribution in [0.1, 0.15) is 5.56 Å². The molecule has 0 fully saturated rings. The molecule has 0 aliphatic rings. The van der Waals surface area contributed by atoms with Gasteiger partial charge in [-0.1, -0.05) is 72.3 Å². The fourth-order valence-corrected chi connectivity index (χ4v) is 5.22.